The first kappa shape index (κ1) is 13.0. The highest BCUT2D eigenvalue weighted by Gasteiger charge is 2.13. The molecular weight excluding hydrogens is 285 g/mol. The van der Waals surface area contributed by atoms with Gasteiger partial charge in [-0.3, -0.25) is 0 Å². The van der Waals surface area contributed by atoms with Gasteiger partial charge in [0.15, 0.2) is 0 Å². The maximum absolute atomic E-state index is 13.0. The number of halogens is 2. The molecule has 1 saturated heterocycles. The molecule has 94 valence electrons. The Balaban J connectivity index is 1.72. The van der Waals surface area contributed by atoms with Crippen LogP contribution in [0.4, 0.5) is 4.39 Å². The molecule has 1 heterocycles. The zero-order valence-corrected chi connectivity index (χ0v) is 11.3. The molecule has 0 bridgehead atoms. The SMILES string of the molecule is Fc1ccc(Br)c(COCCC2CCNC2)c1. The van der Waals surface area contributed by atoms with Gasteiger partial charge in [0.25, 0.3) is 0 Å². The molecule has 0 amide bonds. The van der Waals surface area contributed by atoms with E-state index >= 15 is 0 Å². The minimum absolute atomic E-state index is 0.216. The first-order valence-corrected chi connectivity index (χ1v) is 6.77. The van der Waals surface area contributed by atoms with Crippen molar-refractivity contribution in [3.05, 3.63) is 34.1 Å². The van der Waals surface area contributed by atoms with Gasteiger partial charge >= 0.3 is 0 Å². The summed E-state index contributed by atoms with van der Waals surface area (Å²) >= 11 is 3.39. The van der Waals surface area contributed by atoms with E-state index in [1.54, 1.807) is 6.07 Å². The van der Waals surface area contributed by atoms with E-state index in [0.717, 1.165) is 42.1 Å². The first-order chi connectivity index (χ1) is 8.25. The van der Waals surface area contributed by atoms with E-state index in [1.807, 2.05) is 0 Å². The number of ether oxygens (including phenoxy) is 1. The first-order valence-electron chi connectivity index (χ1n) is 5.98. The van der Waals surface area contributed by atoms with E-state index in [9.17, 15) is 4.39 Å². The molecule has 1 aromatic rings. The standard InChI is InChI=1S/C13H17BrFNO/c14-13-2-1-12(15)7-11(13)9-17-6-4-10-3-5-16-8-10/h1-2,7,10,16H,3-6,8-9H2. The van der Waals surface area contributed by atoms with Crippen LogP contribution in [-0.4, -0.2) is 19.7 Å². The summed E-state index contributed by atoms with van der Waals surface area (Å²) in [5, 5.41) is 3.33. The van der Waals surface area contributed by atoms with E-state index in [-0.39, 0.29) is 5.82 Å². The minimum atomic E-state index is -0.216. The van der Waals surface area contributed by atoms with E-state index in [0.29, 0.717) is 6.61 Å². The van der Waals surface area contributed by atoms with Crippen molar-refractivity contribution in [3.63, 3.8) is 0 Å². The lowest BCUT2D eigenvalue weighted by Gasteiger charge is -2.09. The van der Waals surface area contributed by atoms with Crippen molar-refractivity contribution in [1.29, 1.82) is 0 Å². The van der Waals surface area contributed by atoms with Crippen molar-refractivity contribution in [2.24, 2.45) is 5.92 Å². The lowest BCUT2D eigenvalue weighted by molar-refractivity contribution is 0.108. The summed E-state index contributed by atoms with van der Waals surface area (Å²) in [6.45, 7) is 3.45. The molecule has 0 saturated carbocycles. The smallest absolute Gasteiger partial charge is 0.123 e. The van der Waals surface area contributed by atoms with Gasteiger partial charge in [-0.15, -0.1) is 0 Å². The van der Waals surface area contributed by atoms with Gasteiger partial charge in [0.2, 0.25) is 0 Å². The fourth-order valence-electron chi connectivity index (χ4n) is 2.05. The fraction of sp³-hybridized carbons (Fsp3) is 0.538. The Labute approximate surface area is 110 Å². The monoisotopic (exact) mass is 301 g/mol. The van der Waals surface area contributed by atoms with E-state index in [2.05, 4.69) is 21.2 Å². The van der Waals surface area contributed by atoms with Gasteiger partial charge in [0.1, 0.15) is 5.82 Å². The summed E-state index contributed by atoms with van der Waals surface area (Å²) in [6.07, 6.45) is 2.33. The molecule has 1 N–H and O–H groups in total. The number of benzene rings is 1. The highest BCUT2D eigenvalue weighted by Crippen LogP contribution is 2.19. The van der Waals surface area contributed by atoms with Crippen LogP contribution in [0, 0.1) is 11.7 Å². The van der Waals surface area contributed by atoms with Gasteiger partial charge < -0.3 is 10.1 Å². The maximum atomic E-state index is 13.0. The molecule has 1 unspecified atom stereocenters. The van der Waals surface area contributed by atoms with Crippen molar-refractivity contribution >= 4 is 15.9 Å². The average Bonchev–Trinajstić information content (AvgIpc) is 2.82. The summed E-state index contributed by atoms with van der Waals surface area (Å²) in [5.41, 5.74) is 0.870. The van der Waals surface area contributed by atoms with Crippen LogP contribution in [0.25, 0.3) is 0 Å². The Morgan fingerprint density at radius 1 is 1.47 bits per heavy atom. The molecule has 2 nitrogen and oxygen atoms in total. The van der Waals surface area contributed by atoms with Crippen LogP contribution < -0.4 is 5.32 Å². The summed E-state index contributed by atoms with van der Waals surface area (Å²) < 4.78 is 19.5. The molecule has 0 spiro atoms. The predicted molar refractivity (Wildman–Crippen MR) is 69.3 cm³/mol. The molecule has 1 atom stereocenters. The predicted octanol–water partition coefficient (Wildman–Crippen LogP) is 3.10. The van der Waals surface area contributed by atoms with Gasteiger partial charge in [-0.1, -0.05) is 15.9 Å². The third-order valence-corrected chi connectivity index (χ3v) is 3.87. The van der Waals surface area contributed by atoms with E-state index < -0.39 is 0 Å². The van der Waals surface area contributed by atoms with Gasteiger partial charge in [0, 0.05) is 11.1 Å². The van der Waals surface area contributed by atoms with E-state index in [1.165, 1.54) is 18.6 Å². The Morgan fingerprint density at radius 3 is 3.12 bits per heavy atom. The summed E-state index contributed by atoms with van der Waals surface area (Å²) in [7, 11) is 0. The third kappa shape index (κ3) is 4.05. The van der Waals surface area contributed by atoms with Crippen molar-refractivity contribution in [2.45, 2.75) is 19.4 Å². The second kappa shape index (κ2) is 6.47. The molecule has 1 aliphatic heterocycles. The number of nitrogens with one attached hydrogen (secondary N) is 1. The number of rotatable bonds is 5. The Kier molecular flexibility index (Phi) is 4.95. The van der Waals surface area contributed by atoms with Crippen LogP contribution in [0.3, 0.4) is 0 Å². The molecule has 0 radical (unpaired) electrons. The van der Waals surface area contributed by atoms with Gasteiger partial charge in [-0.05, 0) is 55.6 Å². The van der Waals surface area contributed by atoms with Gasteiger partial charge in [-0.25, -0.2) is 4.39 Å². The normalized spacial score (nSPS) is 19.8. The zero-order chi connectivity index (χ0) is 12.1. The maximum Gasteiger partial charge on any atom is 0.123 e. The molecule has 2 rings (SSSR count). The van der Waals surface area contributed by atoms with Gasteiger partial charge in [0.05, 0.1) is 6.61 Å². The topological polar surface area (TPSA) is 21.3 Å². The fourth-order valence-corrected chi connectivity index (χ4v) is 2.41. The molecule has 1 aliphatic rings. The van der Waals surface area contributed by atoms with Crippen LogP contribution in [0.1, 0.15) is 18.4 Å². The highest BCUT2D eigenvalue weighted by molar-refractivity contribution is 9.10. The Bertz CT molecular complexity index is 366. The van der Waals surface area contributed by atoms with Crippen LogP contribution in [0.15, 0.2) is 22.7 Å². The van der Waals surface area contributed by atoms with Crippen LogP contribution in [0.5, 0.6) is 0 Å². The summed E-state index contributed by atoms with van der Waals surface area (Å²) in [6, 6.07) is 4.67. The quantitative estimate of drug-likeness (QED) is 0.844. The summed E-state index contributed by atoms with van der Waals surface area (Å²) in [4.78, 5) is 0. The van der Waals surface area contributed by atoms with Crippen LogP contribution in [0.2, 0.25) is 0 Å². The molecule has 1 fully saturated rings. The molecule has 4 heteroatoms. The van der Waals surface area contributed by atoms with Crippen LogP contribution >= 0.6 is 15.9 Å². The molecule has 0 aromatic heterocycles. The van der Waals surface area contributed by atoms with Crippen molar-refractivity contribution in [3.8, 4) is 0 Å². The van der Waals surface area contributed by atoms with Crippen molar-refractivity contribution in [2.75, 3.05) is 19.7 Å². The van der Waals surface area contributed by atoms with Crippen molar-refractivity contribution < 1.29 is 9.13 Å². The zero-order valence-electron chi connectivity index (χ0n) is 9.72. The largest absolute Gasteiger partial charge is 0.377 e. The number of hydrogen-bond acceptors (Lipinski definition) is 2. The summed E-state index contributed by atoms with van der Waals surface area (Å²) in [5.74, 6) is 0.526. The van der Waals surface area contributed by atoms with Gasteiger partial charge in [-0.2, -0.15) is 0 Å². The van der Waals surface area contributed by atoms with Crippen molar-refractivity contribution in [1.82, 2.24) is 5.32 Å². The Hall–Kier alpha value is -0.450. The third-order valence-electron chi connectivity index (χ3n) is 3.10. The number of hydrogen-bond donors (Lipinski definition) is 1. The molecular formula is C13H17BrFNO. The Morgan fingerprint density at radius 2 is 2.35 bits per heavy atom. The minimum Gasteiger partial charge on any atom is -0.377 e. The van der Waals surface area contributed by atoms with E-state index in [4.69, 9.17) is 4.74 Å². The molecule has 17 heavy (non-hydrogen) atoms. The second-order valence-electron chi connectivity index (χ2n) is 4.44. The highest BCUT2D eigenvalue weighted by atomic mass is 79.9. The van der Waals surface area contributed by atoms with Crippen LogP contribution in [-0.2, 0) is 11.3 Å². The second-order valence-corrected chi connectivity index (χ2v) is 5.29. The lowest BCUT2D eigenvalue weighted by Crippen LogP contribution is -2.10. The molecule has 1 aromatic carbocycles. The average molecular weight is 302 g/mol. The molecule has 0 aliphatic carbocycles. The lowest BCUT2D eigenvalue weighted by atomic mass is 10.1.